The lowest BCUT2D eigenvalue weighted by atomic mass is 10.4. The van der Waals surface area contributed by atoms with Gasteiger partial charge in [-0.1, -0.05) is 6.07 Å². The molecule has 0 aromatic carbocycles. The van der Waals surface area contributed by atoms with Gasteiger partial charge in [-0.15, -0.1) is 0 Å². The highest BCUT2D eigenvalue weighted by molar-refractivity contribution is 5.47. The van der Waals surface area contributed by atoms with Gasteiger partial charge in [0.25, 0.3) is 0 Å². The second kappa shape index (κ2) is 1.73. The summed E-state index contributed by atoms with van der Waals surface area (Å²) in [6.07, 6.45) is 1.65. The molecule has 0 aliphatic rings. The van der Waals surface area contributed by atoms with Gasteiger partial charge in [-0.2, -0.15) is 5.10 Å². The number of aromatic nitrogens is 2. The van der Waals surface area contributed by atoms with Gasteiger partial charge in [0.15, 0.2) is 0 Å². The maximum Gasteiger partial charge on any atom is 0.212 e. The van der Waals surface area contributed by atoms with Gasteiger partial charge in [0, 0.05) is 6.07 Å². The van der Waals surface area contributed by atoms with Crippen molar-refractivity contribution in [2.75, 3.05) is 0 Å². The van der Waals surface area contributed by atoms with Crippen LogP contribution in [-0.4, -0.2) is 14.7 Å². The molecule has 3 nitrogen and oxygen atoms in total. The molecule has 0 aliphatic heterocycles. The molecule has 0 radical (unpaired) electrons. The third-order valence-corrected chi connectivity index (χ3v) is 1.40. The predicted octanol–water partition coefficient (Wildman–Crippen LogP) is 1.04. The molecule has 2 heterocycles. The first-order chi connectivity index (χ1) is 4.88. The molecular formula is C7H6N2O. The van der Waals surface area contributed by atoms with Gasteiger partial charge in [-0.25, -0.2) is 4.52 Å². The molecule has 0 bridgehead atoms. The highest BCUT2D eigenvalue weighted by atomic mass is 16.3. The van der Waals surface area contributed by atoms with Crippen molar-refractivity contribution in [2.24, 2.45) is 0 Å². The number of fused-ring (bicyclic) bond motifs is 1. The quantitative estimate of drug-likeness (QED) is 0.584. The molecule has 0 fully saturated rings. The topological polar surface area (TPSA) is 37.5 Å². The Bertz CT molecular complexity index is 353. The molecule has 50 valence electrons. The van der Waals surface area contributed by atoms with Crippen molar-refractivity contribution in [1.82, 2.24) is 9.61 Å². The number of hydrogen-bond acceptors (Lipinski definition) is 2. The fourth-order valence-corrected chi connectivity index (χ4v) is 0.935. The Kier molecular flexibility index (Phi) is 0.917. The normalized spacial score (nSPS) is 10.4. The fourth-order valence-electron chi connectivity index (χ4n) is 0.935. The molecule has 1 N–H and O–H groups in total. The zero-order valence-corrected chi connectivity index (χ0v) is 5.23. The lowest BCUT2D eigenvalue weighted by Gasteiger charge is -1.93. The number of nitrogens with zero attached hydrogens (tertiary/aromatic N) is 2. The van der Waals surface area contributed by atoms with Crippen molar-refractivity contribution in [2.45, 2.75) is 0 Å². The predicted molar refractivity (Wildman–Crippen MR) is 36.9 cm³/mol. The highest BCUT2D eigenvalue weighted by Gasteiger charge is 1.94. The molecule has 0 saturated carbocycles. The first kappa shape index (κ1) is 5.29. The van der Waals surface area contributed by atoms with Crippen LogP contribution < -0.4 is 0 Å². The van der Waals surface area contributed by atoms with E-state index in [2.05, 4.69) is 5.10 Å². The van der Waals surface area contributed by atoms with E-state index in [4.69, 9.17) is 5.11 Å². The van der Waals surface area contributed by atoms with E-state index in [0.717, 1.165) is 5.52 Å². The zero-order valence-electron chi connectivity index (χ0n) is 5.23. The summed E-state index contributed by atoms with van der Waals surface area (Å²) in [7, 11) is 0. The molecule has 2 rings (SSSR count). The second-order valence-electron chi connectivity index (χ2n) is 2.05. The first-order valence-corrected chi connectivity index (χ1v) is 3.00. The van der Waals surface area contributed by atoms with Gasteiger partial charge in [0.1, 0.15) is 0 Å². The van der Waals surface area contributed by atoms with E-state index in [0.29, 0.717) is 0 Å². The van der Waals surface area contributed by atoms with E-state index in [9.17, 15) is 0 Å². The first-order valence-electron chi connectivity index (χ1n) is 3.00. The molecule has 0 saturated heterocycles. The van der Waals surface area contributed by atoms with Crippen LogP contribution in [0.3, 0.4) is 0 Å². The summed E-state index contributed by atoms with van der Waals surface area (Å²) in [4.78, 5) is 0. The van der Waals surface area contributed by atoms with Crippen molar-refractivity contribution in [3.8, 4) is 5.88 Å². The molecule has 2 aromatic rings. The molecule has 0 atom stereocenters. The summed E-state index contributed by atoms with van der Waals surface area (Å²) in [6, 6.07) is 7.10. The van der Waals surface area contributed by atoms with Gasteiger partial charge < -0.3 is 5.11 Å². The van der Waals surface area contributed by atoms with Crippen LogP contribution in [0.2, 0.25) is 0 Å². The third kappa shape index (κ3) is 0.572. The number of pyridine rings is 1. The fraction of sp³-hybridized carbons (Fsp3) is 0. The van der Waals surface area contributed by atoms with Crippen molar-refractivity contribution in [3.63, 3.8) is 0 Å². The Morgan fingerprint density at radius 2 is 2.20 bits per heavy atom. The van der Waals surface area contributed by atoms with E-state index in [-0.39, 0.29) is 5.88 Å². The van der Waals surface area contributed by atoms with E-state index >= 15 is 0 Å². The molecule has 0 unspecified atom stereocenters. The van der Waals surface area contributed by atoms with E-state index in [1.165, 1.54) is 4.52 Å². The standard InChI is InChI=1S/C7H6N2O/c10-7-3-1-2-6-4-5-8-9(6)7/h1-5,10H. The van der Waals surface area contributed by atoms with Crippen LogP contribution in [-0.2, 0) is 0 Å². The number of aromatic hydroxyl groups is 1. The molecular weight excluding hydrogens is 128 g/mol. The summed E-state index contributed by atoms with van der Waals surface area (Å²) in [6.45, 7) is 0. The van der Waals surface area contributed by atoms with Gasteiger partial charge >= 0.3 is 0 Å². The Labute approximate surface area is 57.5 Å². The molecule has 0 spiro atoms. The van der Waals surface area contributed by atoms with Crippen LogP contribution in [0.1, 0.15) is 0 Å². The minimum absolute atomic E-state index is 0.169. The van der Waals surface area contributed by atoms with Gasteiger partial charge in [-0.05, 0) is 12.1 Å². The van der Waals surface area contributed by atoms with Crippen molar-refractivity contribution in [3.05, 3.63) is 30.5 Å². The second-order valence-corrected chi connectivity index (χ2v) is 2.05. The summed E-state index contributed by atoms with van der Waals surface area (Å²) in [5, 5.41) is 13.0. The van der Waals surface area contributed by atoms with Crippen LogP contribution in [0.5, 0.6) is 5.88 Å². The lowest BCUT2D eigenvalue weighted by Crippen LogP contribution is -1.85. The molecule has 3 heteroatoms. The lowest BCUT2D eigenvalue weighted by molar-refractivity contribution is 0.437. The summed E-state index contributed by atoms with van der Waals surface area (Å²) in [5.41, 5.74) is 0.903. The smallest absolute Gasteiger partial charge is 0.212 e. The zero-order chi connectivity index (χ0) is 6.97. The monoisotopic (exact) mass is 134 g/mol. The molecule has 2 aromatic heterocycles. The van der Waals surface area contributed by atoms with Gasteiger partial charge in [0.2, 0.25) is 5.88 Å². The highest BCUT2D eigenvalue weighted by Crippen LogP contribution is 2.10. The van der Waals surface area contributed by atoms with E-state index in [1.54, 1.807) is 18.3 Å². The molecule has 0 amide bonds. The van der Waals surface area contributed by atoms with E-state index in [1.807, 2.05) is 12.1 Å². The summed E-state index contributed by atoms with van der Waals surface area (Å²) < 4.78 is 1.47. The largest absolute Gasteiger partial charge is 0.493 e. The maximum absolute atomic E-state index is 9.16. The van der Waals surface area contributed by atoms with Crippen LogP contribution in [0.4, 0.5) is 0 Å². The van der Waals surface area contributed by atoms with Gasteiger partial charge in [-0.3, -0.25) is 0 Å². The SMILES string of the molecule is Oc1cccc2ccnn12. The number of rotatable bonds is 0. The van der Waals surface area contributed by atoms with Crippen molar-refractivity contribution < 1.29 is 5.11 Å². The summed E-state index contributed by atoms with van der Waals surface area (Å²) in [5.74, 6) is 0.169. The minimum Gasteiger partial charge on any atom is -0.493 e. The Balaban J connectivity index is 2.95. The van der Waals surface area contributed by atoms with Gasteiger partial charge in [0.05, 0.1) is 11.7 Å². The average Bonchev–Trinajstić information content (AvgIpc) is 2.36. The Morgan fingerprint density at radius 3 is 3.00 bits per heavy atom. The number of hydrogen-bond donors (Lipinski definition) is 1. The molecule has 0 aliphatic carbocycles. The van der Waals surface area contributed by atoms with Crippen molar-refractivity contribution in [1.29, 1.82) is 0 Å². The van der Waals surface area contributed by atoms with Crippen LogP contribution >= 0.6 is 0 Å². The Hall–Kier alpha value is -1.51. The van der Waals surface area contributed by atoms with Crippen LogP contribution in [0.15, 0.2) is 30.5 Å². The minimum atomic E-state index is 0.169. The summed E-state index contributed by atoms with van der Waals surface area (Å²) >= 11 is 0. The average molecular weight is 134 g/mol. The Morgan fingerprint density at radius 1 is 1.30 bits per heavy atom. The van der Waals surface area contributed by atoms with Crippen molar-refractivity contribution >= 4 is 5.52 Å². The maximum atomic E-state index is 9.16. The van der Waals surface area contributed by atoms with Crippen LogP contribution in [0, 0.1) is 0 Å². The van der Waals surface area contributed by atoms with Crippen LogP contribution in [0.25, 0.3) is 5.52 Å². The molecule has 10 heavy (non-hydrogen) atoms. The van der Waals surface area contributed by atoms with E-state index < -0.39 is 0 Å². The third-order valence-electron chi connectivity index (χ3n) is 1.40.